The van der Waals surface area contributed by atoms with Crippen molar-refractivity contribution in [3.63, 3.8) is 0 Å². The van der Waals surface area contributed by atoms with E-state index in [1.54, 1.807) is 13.3 Å². The maximum atomic E-state index is 5.23. The Kier molecular flexibility index (Phi) is 6.96. The van der Waals surface area contributed by atoms with Gasteiger partial charge in [0.25, 0.3) is 0 Å². The van der Waals surface area contributed by atoms with Crippen LogP contribution in [0.15, 0.2) is 41.5 Å². The molecule has 2 rings (SSSR count). The first-order valence-electron chi connectivity index (χ1n) is 7.88. The molecule has 0 saturated carbocycles. The summed E-state index contributed by atoms with van der Waals surface area (Å²) in [5.41, 5.74) is 7.46. The van der Waals surface area contributed by atoms with Crippen LogP contribution in [0.1, 0.15) is 22.5 Å². The molecule has 2 N–H and O–H groups in total. The fourth-order valence-electron chi connectivity index (χ4n) is 2.46. The average Bonchev–Trinajstić information content (AvgIpc) is 2.86. The number of nitrogens with one attached hydrogen (secondary N) is 2. The van der Waals surface area contributed by atoms with Crippen molar-refractivity contribution in [2.45, 2.75) is 26.9 Å². The van der Waals surface area contributed by atoms with Crippen LogP contribution in [-0.2, 0) is 17.8 Å². The Bertz CT molecular complexity index is 695. The van der Waals surface area contributed by atoms with Gasteiger partial charge in [0.15, 0.2) is 5.11 Å². The zero-order valence-corrected chi connectivity index (χ0v) is 15.2. The Morgan fingerprint density at radius 1 is 1.29 bits per heavy atom. The van der Waals surface area contributed by atoms with Gasteiger partial charge in [-0.05, 0) is 37.7 Å². The molecule has 5 nitrogen and oxygen atoms in total. The predicted octanol–water partition coefficient (Wildman–Crippen LogP) is 2.75. The van der Waals surface area contributed by atoms with E-state index in [9.17, 15) is 0 Å². The largest absolute Gasteiger partial charge is 0.383 e. The Labute approximate surface area is 148 Å². The minimum Gasteiger partial charge on any atom is -0.383 e. The topological polar surface area (TPSA) is 50.6 Å². The molecule has 0 spiro atoms. The van der Waals surface area contributed by atoms with E-state index in [1.165, 1.54) is 17.0 Å². The molecule has 0 bridgehead atoms. The van der Waals surface area contributed by atoms with Gasteiger partial charge in [-0.25, -0.2) is 0 Å². The third kappa shape index (κ3) is 5.18. The third-order valence-electron chi connectivity index (χ3n) is 3.80. The number of hydrogen-bond donors (Lipinski definition) is 2. The first kappa shape index (κ1) is 18.2. The number of aromatic nitrogens is 1. The van der Waals surface area contributed by atoms with Crippen LogP contribution in [0.4, 0.5) is 0 Å². The Balaban J connectivity index is 1.86. The predicted molar refractivity (Wildman–Crippen MR) is 102 cm³/mol. The van der Waals surface area contributed by atoms with Gasteiger partial charge in [0.05, 0.1) is 12.8 Å². The van der Waals surface area contributed by atoms with Crippen molar-refractivity contribution < 1.29 is 4.74 Å². The molecule has 1 aromatic heterocycles. The van der Waals surface area contributed by atoms with Gasteiger partial charge in [-0.2, -0.15) is 5.10 Å². The van der Waals surface area contributed by atoms with Crippen molar-refractivity contribution in [1.82, 2.24) is 15.3 Å². The molecule has 0 aliphatic carbocycles. The molecule has 0 aliphatic rings. The molecular weight excluding hydrogens is 320 g/mol. The molecule has 128 valence electrons. The van der Waals surface area contributed by atoms with Crippen LogP contribution >= 0.6 is 12.2 Å². The molecule has 0 aliphatic heterocycles. The molecule has 0 unspecified atom stereocenters. The molecule has 1 heterocycles. The molecule has 0 radical (unpaired) electrons. The van der Waals surface area contributed by atoms with Crippen LogP contribution in [0, 0.1) is 13.8 Å². The maximum absolute atomic E-state index is 5.23. The van der Waals surface area contributed by atoms with E-state index in [2.05, 4.69) is 40.3 Å². The van der Waals surface area contributed by atoms with Gasteiger partial charge in [-0.15, -0.1) is 0 Å². The molecular formula is C18H24N4OS. The standard InChI is InChI=1S/C18H24N4OS/c1-14-11-17(15(2)22(14)9-10-23-3)13-20-21-18(24)19-12-16-7-5-4-6-8-16/h4-8,11,13H,9-10,12H2,1-3H3,(H2,19,21,24). The molecule has 2 aromatic rings. The second-order valence-electron chi connectivity index (χ2n) is 5.51. The number of methoxy groups -OCH3 is 1. The van der Waals surface area contributed by atoms with Crippen LogP contribution in [-0.4, -0.2) is 29.6 Å². The van der Waals surface area contributed by atoms with Crippen LogP contribution in [0.5, 0.6) is 0 Å². The van der Waals surface area contributed by atoms with E-state index in [0.29, 0.717) is 18.3 Å². The summed E-state index contributed by atoms with van der Waals surface area (Å²) in [4.78, 5) is 0. The number of ether oxygens (including phenoxy) is 1. The summed E-state index contributed by atoms with van der Waals surface area (Å²) < 4.78 is 7.37. The summed E-state index contributed by atoms with van der Waals surface area (Å²) in [7, 11) is 1.71. The van der Waals surface area contributed by atoms with Gasteiger partial charge < -0.3 is 14.6 Å². The zero-order valence-electron chi connectivity index (χ0n) is 14.4. The molecule has 24 heavy (non-hydrogen) atoms. The second-order valence-corrected chi connectivity index (χ2v) is 5.92. The van der Waals surface area contributed by atoms with Crippen LogP contribution in [0.25, 0.3) is 0 Å². The van der Waals surface area contributed by atoms with Crippen molar-refractivity contribution in [3.8, 4) is 0 Å². The lowest BCUT2D eigenvalue weighted by Gasteiger charge is -2.08. The molecule has 6 heteroatoms. The number of hydrazone groups is 1. The lowest BCUT2D eigenvalue weighted by Crippen LogP contribution is -2.31. The van der Waals surface area contributed by atoms with E-state index < -0.39 is 0 Å². The highest BCUT2D eigenvalue weighted by atomic mass is 32.1. The second kappa shape index (κ2) is 9.20. The SMILES string of the molecule is COCCn1c(C)cc(C=NNC(=S)NCc2ccccc2)c1C. The van der Waals surface area contributed by atoms with Gasteiger partial charge in [0.1, 0.15) is 0 Å². The number of nitrogens with zero attached hydrogens (tertiary/aromatic N) is 2. The average molecular weight is 344 g/mol. The summed E-state index contributed by atoms with van der Waals surface area (Å²) in [6.07, 6.45) is 1.79. The lowest BCUT2D eigenvalue weighted by molar-refractivity contribution is 0.186. The van der Waals surface area contributed by atoms with E-state index in [-0.39, 0.29) is 0 Å². The van der Waals surface area contributed by atoms with Crippen molar-refractivity contribution in [1.29, 1.82) is 0 Å². The fraction of sp³-hybridized carbons (Fsp3) is 0.333. The monoisotopic (exact) mass is 344 g/mol. The Morgan fingerprint density at radius 3 is 2.75 bits per heavy atom. The quantitative estimate of drug-likeness (QED) is 0.461. The van der Waals surface area contributed by atoms with E-state index in [1.807, 2.05) is 30.3 Å². The van der Waals surface area contributed by atoms with Crippen molar-refractivity contribution >= 4 is 23.5 Å². The summed E-state index contributed by atoms with van der Waals surface area (Å²) in [5.74, 6) is 0. The summed E-state index contributed by atoms with van der Waals surface area (Å²) >= 11 is 5.23. The molecule has 0 atom stereocenters. The highest BCUT2D eigenvalue weighted by Crippen LogP contribution is 2.12. The number of benzene rings is 1. The molecule has 0 fully saturated rings. The number of rotatable bonds is 7. The zero-order chi connectivity index (χ0) is 17.4. The van der Waals surface area contributed by atoms with E-state index in [4.69, 9.17) is 17.0 Å². The highest BCUT2D eigenvalue weighted by molar-refractivity contribution is 7.80. The van der Waals surface area contributed by atoms with Crippen LogP contribution in [0.2, 0.25) is 0 Å². The first-order valence-corrected chi connectivity index (χ1v) is 8.29. The van der Waals surface area contributed by atoms with E-state index in [0.717, 1.165) is 12.1 Å². The molecule has 0 saturated heterocycles. The van der Waals surface area contributed by atoms with Gasteiger partial charge >= 0.3 is 0 Å². The number of thiocarbonyl (C=S) groups is 1. The van der Waals surface area contributed by atoms with Gasteiger partial charge in [-0.1, -0.05) is 30.3 Å². The smallest absolute Gasteiger partial charge is 0.187 e. The molecule has 1 aromatic carbocycles. The maximum Gasteiger partial charge on any atom is 0.187 e. The number of hydrogen-bond acceptors (Lipinski definition) is 3. The highest BCUT2D eigenvalue weighted by Gasteiger charge is 2.06. The Hall–Kier alpha value is -2.18. The normalized spacial score (nSPS) is 11.0. The lowest BCUT2D eigenvalue weighted by atomic mass is 10.2. The van der Waals surface area contributed by atoms with Gasteiger partial charge in [0, 0.05) is 37.2 Å². The summed E-state index contributed by atoms with van der Waals surface area (Å²) in [5, 5.41) is 7.86. The minimum absolute atomic E-state index is 0.503. The minimum atomic E-state index is 0.503. The van der Waals surface area contributed by atoms with Crippen molar-refractivity contribution in [3.05, 3.63) is 58.9 Å². The van der Waals surface area contributed by atoms with Gasteiger partial charge in [0.2, 0.25) is 0 Å². The summed E-state index contributed by atoms with van der Waals surface area (Å²) in [6.45, 7) is 6.37. The van der Waals surface area contributed by atoms with Crippen molar-refractivity contribution in [2.24, 2.45) is 5.10 Å². The van der Waals surface area contributed by atoms with E-state index >= 15 is 0 Å². The van der Waals surface area contributed by atoms with Crippen LogP contribution in [0.3, 0.4) is 0 Å². The first-order chi connectivity index (χ1) is 11.6. The van der Waals surface area contributed by atoms with Crippen LogP contribution < -0.4 is 10.7 Å². The van der Waals surface area contributed by atoms with Crippen molar-refractivity contribution in [2.75, 3.05) is 13.7 Å². The summed E-state index contributed by atoms with van der Waals surface area (Å²) in [6, 6.07) is 12.2. The van der Waals surface area contributed by atoms with Gasteiger partial charge in [-0.3, -0.25) is 5.43 Å². The fourth-order valence-corrected chi connectivity index (χ4v) is 2.59. The third-order valence-corrected chi connectivity index (χ3v) is 4.03. The molecule has 0 amide bonds. The number of aryl methyl sites for hydroxylation is 1. The Morgan fingerprint density at radius 2 is 2.04 bits per heavy atom.